The highest BCUT2D eigenvalue weighted by Gasteiger charge is 2.52. The summed E-state index contributed by atoms with van der Waals surface area (Å²) in [5, 5.41) is 51.8. The van der Waals surface area contributed by atoms with Crippen molar-refractivity contribution in [3.63, 3.8) is 0 Å². The lowest BCUT2D eigenvalue weighted by Gasteiger charge is -2.47. The number of nitrogens with two attached hydrogens (primary N) is 7. The number of hydrogen-bond donors (Lipinski definition) is 12. The van der Waals surface area contributed by atoms with Crippen molar-refractivity contribution in [2.24, 2.45) is 56.0 Å². The highest BCUT2D eigenvalue weighted by atomic mass is 19.1. The van der Waals surface area contributed by atoms with Crippen LogP contribution < -0.4 is 40.1 Å². The fraction of sp³-hybridized carbons (Fsp3) is 0.880. The zero-order valence-corrected chi connectivity index (χ0v) is 24.7. The number of carbonyl (C=O) groups excluding carboxylic acids is 1. The summed E-state index contributed by atoms with van der Waals surface area (Å²) in [5.41, 5.74) is 39.6. The molecule has 0 aromatic carbocycles. The Morgan fingerprint density at radius 1 is 0.933 bits per heavy atom. The maximum atomic E-state index is 16.5. The fourth-order valence-electron chi connectivity index (χ4n) is 5.80. The summed E-state index contributed by atoms with van der Waals surface area (Å²) < 4.78 is 39.6. The molecule has 0 radical (unpaired) electrons. The summed E-state index contributed by atoms with van der Waals surface area (Å²) >= 11 is 0. The molecule has 260 valence electrons. The Balaban J connectivity index is 1.87. The van der Waals surface area contributed by atoms with Crippen LogP contribution in [-0.4, -0.2) is 149 Å². The van der Waals surface area contributed by atoms with Gasteiger partial charge in [-0.25, -0.2) is 9.38 Å². The van der Waals surface area contributed by atoms with Crippen LogP contribution in [0.25, 0.3) is 0 Å². The van der Waals surface area contributed by atoms with Crippen molar-refractivity contribution in [1.82, 2.24) is 0 Å². The smallest absolute Gasteiger partial charge is 0.186 e. The van der Waals surface area contributed by atoms with E-state index in [-0.39, 0.29) is 38.3 Å². The molecule has 2 heterocycles. The molecule has 19 nitrogen and oxygen atoms in total. The van der Waals surface area contributed by atoms with Gasteiger partial charge in [0.15, 0.2) is 36.5 Å². The largest absolute Gasteiger partial charge is 0.394 e. The normalized spacial score (nSPS) is 41.2. The molecular formula is C25H48FN9O10. The number of rotatable bonds is 13. The van der Waals surface area contributed by atoms with Crippen LogP contribution in [0.2, 0.25) is 0 Å². The van der Waals surface area contributed by atoms with Crippen LogP contribution in [0.3, 0.4) is 0 Å². The molecule has 20 heteroatoms. The summed E-state index contributed by atoms with van der Waals surface area (Å²) in [6.45, 7) is -0.837. The molecule has 0 aromatic rings. The van der Waals surface area contributed by atoms with Gasteiger partial charge in [0.25, 0.3) is 0 Å². The molecule has 15 atom stereocenters. The third-order valence-electron chi connectivity index (χ3n) is 8.18. The highest BCUT2D eigenvalue weighted by molar-refractivity contribution is 5.83. The summed E-state index contributed by atoms with van der Waals surface area (Å²) in [5.74, 6) is -2.38. The van der Waals surface area contributed by atoms with Crippen molar-refractivity contribution in [2.45, 2.75) is 111 Å². The Bertz CT molecular complexity index is 1030. The molecule has 3 rings (SSSR count). The average Bonchev–Trinajstić information content (AvgIpc) is 2.96. The van der Waals surface area contributed by atoms with Gasteiger partial charge < -0.3 is 84.6 Å². The van der Waals surface area contributed by atoms with E-state index in [9.17, 15) is 30.3 Å². The zero-order valence-electron chi connectivity index (χ0n) is 24.7. The highest BCUT2D eigenvalue weighted by Crippen LogP contribution is 2.37. The first-order chi connectivity index (χ1) is 21.2. The molecule has 3 aliphatic rings. The average molecular weight is 654 g/mol. The number of Topliss-reactive ketones (excluding diaryl/α,β-unsaturated/α-hetero) is 1. The number of aliphatic hydroxyl groups excluding tert-OH is 5. The first kappa shape index (κ1) is 37.1. The van der Waals surface area contributed by atoms with Gasteiger partial charge in [-0.15, -0.1) is 0 Å². The lowest BCUT2D eigenvalue weighted by molar-refractivity contribution is -0.313. The number of halogens is 1. The van der Waals surface area contributed by atoms with Crippen molar-refractivity contribution in [2.75, 3.05) is 19.7 Å². The molecule has 0 amide bonds. The molecule has 0 bridgehead atoms. The van der Waals surface area contributed by atoms with Crippen molar-refractivity contribution in [3.8, 4) is 0 Å². The topological polar surface area (TPSA) is 362 Å². The minimum Gasteiger partial charge on any atom is -0.394 e. The standard InChI is InChI=1S/C25H48FN9O10/c26-16-20(44-23-19(41)17(35-25(32)33)18(40)15(7-36)43-23)8(4-12(38)11(37)1-2-34-24(30)31)3-9(28)21(16)45-22-10(29)5-13(39)14(6-27)42-22/h8-11,13-23,36-37,39-41H,1-7,27-29H2,(H4,30,31,34)(H4,32,33,35)/t8-,9?,10?,11-,13-,14?,15+,16+,17?,18+,19+,20?,21+,22+,23?/m0/s1. The number of aliphatic hydroxyl groups is 5. The summed E-state index contributed by atoms with van der Waals surface area (Å²) in [6.07, 6.45) is -16.5. The van der Waals surface area contributed by atoms with E-state index in [1.807, 2.05) is 0 Å². The molecule has 3 fully saturated rings. The van der Waals surface area contributed by atoms with Crippen LogP contribution in [0.4, 0.5) is 4.39 Å². The number of alkyl halides is 1. The van der Waals surface area contributed by atoms with Gasteiger partial charge in [0, 0.05) is 32.0 Å². The molecule has 2 saturated heterocycles. The molecule has 6 unspecified atom stereocenters. The zero-order chi connectivity index (χ0) is 33.6. The third kappa shape index (κ3) is 9.36. The number of ketones is 1. The second-order valence-electron chi connectivity index (χ2n) is 11.6. The second-order valence-corrected chi connectivity index (χ2v) is 11.6. The second kappa shape index (κ2) is 16.5. The van der Waals surface area contributed by atoms with Crippen LogP contribution in [0.15, 0.2) is 9.98 Å². The first-order valence-electron chi connectivity index (χ1n) is 14.6. The van der Waals surface area contributed by atoms with E-state index in [0.717, 1.165) is 0 Å². The Kier molecular flexibility index (Phi) is 13.6. The van der Waals surface area contributed by atoms with Gasteiger partial charge in [0.2, 0.25) is 0 Å². The lowest BCUT2D eigenvalue weighted by atomic mass is 9.77. The predicted molar refractivity (Wildman–Crippen MR) is 155 cm³/mol. The maximum absolute atomic E-state index is 16.5. The van der Waals surface area contributed by atoms with Gasteiger partial charge in [0.05, 0.1) is 31.0 Å². The lowest BCUT2D eigenvalue weighted by Crippen LogP contribution is -2.64. The molecule has 1 aliphatic carbocycles. The summed E-state index contributed by atoms with van der Waals surface area (Å²) in [4.78, 5) is 20.5. The number of hydrogen-bond acceptors (Lipinski definition) is 15. The molecule has 0 spiro atoms. The van der Waals surface area contributed by atoms with Gasteiger partial charge in [-0.3, -0.25) is 9.79 Å². The van der Waals surface area contributed by atoms with Crippen LogP contribution >= 0.6 is 0 Å². The number of nitrogens with zero attached hydrogens (tertiary/aromatic N) is 2. The van der Waals surface area contributed by atoms with Crippen LogP contribution in [-0.2, 0) is 23.7 Å². The third-order valence-corrected chi connectivity index (χ3v) is 8.18. The van der Waals surface area contributed by atoms with Crippen molar-refractivity contribution in [1.29, 1.82) is 0 Å². The maximum Gasteiger partial charge on any atom is 0.186 e. The van der Waals surface area contributed by atoms with E-state index in [2.05, 4.69) is 9.98 Å². The monoisotopic (exact) mass is 653 g/mol. The quantitative estimate of drug-likeness (QED) is 0.0649. The minimum absolute atomic E-state index is 0.0414. The van der Waals surface area contributed by atoms with Gasteiger partial charge in [-0.05, 0) is 18.8 Å². The number of carbonyl (C=O) groups is 1. The Morgan fingerprint density at radius 3 is 2.18 bits per heavy atom. The Labute approximate surface area is 258 Å². The van der Waals surface area contributed by atoms with E-state index in [1.54, 1.807) is 0 Å². The van der Waals surface area contributed by atoms with E-state index in [1.165, 1.54) is 0 Å². The number of guanidine groups is 2. The number of aliphatic imine (C=N–C) groups is 2. The molecule has 19 N–H and O–H groups in total. The van der Waals surface area contributed by atoms with Crippen molar-refractivity contribution < 1.29 is 53.7 Å². The van der Waals surface area contributed by atoms with Gasteiger partial charge in [0.1, 0.15) is 36.6 Å². The fourth-order valence-corrected chi connectivity index (χ4v) is 5.80. The van der Waals surface area contributed by atoms with E-state index < -0.39 is 116 Å². The predicted octanol–water partition coefficient (Wildman–Crippen LogP) is -6.73. The SMILES string of the molecule is NCC1O[C@H](O[C@@H]2C(N)C[C@@H](CC(=O)[C@@H](O)CCN=C(N)N)C(OC3O[C@H](CO)[C@@H](O)C(N=C(N)N)[C@H]3O)[C@H]2F)C(N)C[C@@H]1O. The Morgan fingerprint density at radius 2 is 1.58 bits per heavy atom. The van der Waals surface area contributed by atoms with Crippen LogP contribution in [0, 0.1) is 5.92 Å². The van der Waals surface area contributed by atoms with Crippen molar-refractivity contribution >= 4 is 17.7 Å². The molecule has 2 aliphatic heterocycles. The van der Waals surface area contributed by atoms with Gasteiger partial charge in [-0.2, -0.15) is 0 Å². The minimum atomic E-state index is -2.10. The molecule has 45 heavy (non-hydrogen) atoms. The molecular weight excluding hydrogens is 605 g/mol. The van der Waals surface area contributed by atoms with Crippen molar-refractivity contribution in [3.05, 3.63) is 0 Å². The van der Waals surface area contributed by atoms with Gasteiger partial charge in [-0.1, -0.05) is 0 Å². The van der Waals surface area contributed by atoms with E-state index in [0.29, 0.717) is 0 Å². The van der Waals surface area contributed by atoms with E-state index >= 15 is 4.39 Å². The number of ether oxygens (including phenoxy) is 4. The van der Waals surface area contributed by atoms with Crippen LogP contribution in [0.1, 0.15) is 25.7 Å². The summed E-state index contributed by atoms with van der Waals surface area (Å²) in [6, 6.07) is -3.32. The Hall–Kier alpha value is -2.34. The van der Waals surface area contributed by atoms with Crippen LogP contribution in [0.5, 0.6) is 0 Å². The molecule has 1 saturated carbocycles. The molecule has 0 aromatic heterocycles. The van der Waals surface area contributed by atoms with Gasteiger partial charge >= 0.3 is 0 Å². The summed E-state index contributed by atoms with van der Waals surface area (Å²) in [7, 11) is 0. The van der Waals surface area contributed by atoms with E-state index in [4.69, 9.17) is 59.1 Å². The first-order valence-corrected chi connectivity index (χ1v) is 14.6.